The number of carbonyl (C=O) groups is 3. The van der Waals surface area contributed by atoms with Gasteiger partial charge in [-0.15, -0.1) is 0 Å². The Hall–Kier alpha value is -4.01. The summed E-state index contributed by atoms with van der Waals surface area (Å²) < 4.78 is 15.8. The number of hydrogen-bond acceptors (Lipinski definition) is 6. The van der Waals surface area contributed by atoms with E-state index in [0.717, 1.165) is 0 Å². The average Bonchev–Trinajstić information content (AvgIpc) is 2.77. The quantitative estimate of drug-likeness (QED) is 0.548. The fourth-order valence-electron chi connectivity index (χ4n) is 2.89. The van der Waals surface area contributed by atoms with Gasteiger partial charge in [0, 0.05) is 11.6 Å². The fraction of sp³-hybridized carbons (Fsp3) is 0.190. The second kappa shape index (κ2) is 9.46. The molecule has 3 rings (SSSR count). The number of fused-ring (bicyclic) bond motifs is 1. The zero-order valence-electron chi connectivity index (χ0n) is 16.5. The molecule has 2 aromatic rings. The van der Waals surface area contributed by atoms with Crippen LogP contribution in [-0.2, 0) is 14.4 Å². The van der Waals surface area contributed by atoms with Crippen LogP contribution in [0.4, 0.5) is 5.69 Å². The van der Waals surface area contributed by atoms with E-state index in [1.807, 2.05) is 0 Å². The van der Waals surface area contributed by atoms with E-state index in [1.165, 1.54) is 31.3 Å². The number of nitrogens with zero attached hydrogens (tertiary/aromatic N) is 1. The number of nitrogens with one attached hydrogen (secondary N) is 2. The lowest BCUT2D eigenvalue weighted by atomic mass is 10.1. The van der Waals surface area contributed by atoms with Crippen molar-refractivity contribution in [1.29, 1.82) is 0 Å². The van der Waals surface area contributed by atoms with Crippen molar-refractivity contribution in [2.75, 3.05) is 32.3 Å². The minimum absolute atomic E-state index is 0.151. The first-order chi connectivity index (χ1) is 14.5. The number of hydrogen-bond donors (Lipinski definition) is 2. The summed E-state index contributed by atoms with van der Waals surface area (Å²) in [5.74, 6) is 0.0772. The first kappa shape index (κ1) is 20.7. The molecule has 2 aromatic carbocycles. The van der Waals surface area contributed by atoms with Crippen LogP contribution in [0.5, 0.6) is 17.2 Å². The molecule has 1 aliphatic rings. The zero-order chi connectivity index (χ0) is 21.5. The maximum absolute atomic E-state index is 12.2. The molecule has 0 atom stereocenters. The predicted octanol–water partition coefficient (Wildman–Crippen LogP) is 1.29. The summed E-state index contributed by atoms with van der Waals surface area (Å²) in [5.41, 5.74) is 5.70. The molecule has 0 saturated carbocycles. The molecule has 0 aromatic heterocycles. The highest BCUT2D eigenvalue weighted by Gasteiger charge is 2.26. The van der Waals surface area contributed by atoms with Crippen LogP contribution in [0.25, 0.3) is 6.08 Å². The molecular formula is C21H21N3O6. The van der Waals surface area contributed by atoms with Crippen molar-refractivity contribution < 1.29 is 28.6 Å². The SMILES string of the molecule is COc1cccc(/C=C/C(=O)NNC(=O)CN2C(=O)COc3ccccc32)c1OC. The summed E-state index contributed by atoms with van der Waals surface area (Å²) in [6.07, 6.45) is 2.78. The number of hydrazine groups is 1. The smallest absolute Gasteiger partial charge is 0.265 e. The van der Waals surface area contributed by atoms with Crippen LogP contribution in [0.3, 0.4) is 0 Å². The van der Waals surface area contributed by atoms with Crippen LogP contribution >= 0.6 is 0 Å². The molecule has 156 valence electrons. The normalized spacial score (nSPS) is 12.7. The van der Waals surface area contributed by atoms with Crippen LogP contribution in [0.15, 0.2) is 48.5 Å². The maximum Gasteiger partial charge on any atom is 0.265 e. The van der Waals surface area contributed by atoms with Crippen LogP contribution in [0, 0.1) is 0 Å². The maximum atomic E-state index is 12.2. The molecule has 0 fully saturated rings. The monoisotopic (exact) mass is 411 g/mol. The highest BCUT2D eigenvalue weighted by molar-refractivity contribution is 6.02. The van der Waals surface area contributed by atoms with Gasteiger partial charge in [-0.05, 0) is 24.3 Å². The number of methoxy groups -OCH3 is 2. The van der Waals surface area contributed by atoms with Gasteiger partial charge in [0.05, 0.1) is 19.9 Å². The Morgan fingerprint density at radius 1 is 1.10 bits per heavy atom. The van der Waals surface area contributed by atoms with Gasteiger partial charge in [-0.25, -0.2) is 0 Å². The first-order valence-electron chi connectivity index (χ1n) is 9.03. The summed E-state index contributed by atoms with van der Waals surface area (Å²) in [7, 11) is 3.02. The van der Waals surface area contributed by atoms with Gasteiger partial charge in [0.25, 0.3) is 17.7 Å². The van der Waals surface area contributed by atoms with Crippen molar-refractivity contribution in [3.05, 3.63) is 54.1 Å². The third kappa shape index (κ3) is 4.69. The molecular weight excluding hydrogens is 390 g/mol. The van der Waals surface area contributed by atoms with Crippen molar-refractivity contribution in [1.82, 2.24) is 10.9 Å². The van der Waals surface area contributed by atoms with Gasteiger partial charge >= 0.3 is 0 Å². The Bertz CT molecular complexity index is 988. The molecule has 0 spiro atoms. The number of anilines is 1. The average molecular weight is 411 g/mol. The molecule has 0 unspecified atom stereocenters. The molecule has 30 heavy (non-hydrogen) atoms. The van der Waals surface area contributed by atoms with Gasteiger partial charge in [0.2, 0.25) is 0 Å². The zero-order valence-corrected chi connectivity index (χ0v) is 16.5. The van der Waals surface area contributed by atoms with Gasteiger partial charge < -0.3 is 14.2 Å². The minimum Gasteiger partial charge on any atom is -0.493 e. The van der Waals surface area contributed by atoms with Gasteiger partial charge in [-0.2, -0.15) is 0 Å². The largest absolute Gasteiger partial charge is 0.493 e. The molecule has 1 heterocycles. The molecule has 9 nitrogen and oxygen atoms in total. The summed E-state index contributed by atoms with van der Waals surface area (Å²) in [6, 6.07) is 12.2. The van der Waals surface area contributed by atoms with Gasteiger partial charge in [-0.1, -0.05) is 24.3 Å². The topological polar surface area (TPSA) is 106 Å². The minimum atomic E-state index is -0.555. The lowest BCUT2D eigenvalue weighted by Gasteiger charge is -2.28. The first-order valence-corrected chi connectivity index (χ1v) is 9.03. The van der Waals surface area contributed by atoms with E-state index in [9.17, 15) is 14.4 Å². The molecule has 2 N–H and O–H groups in total. The van der Waals surface area contributed by atoms with E-state index < -0.39 is 11.8 Å². The van der Waals surface area contributed by atoms with Crippen LogP contribution in [0.2, 0.25) is 0 Å². The Balaban J connectivity index is 1.57. The van der Waals surface area contributed by atoms with Crippen LogP contribution in [0.1, 0.15) is 5.56 Å². The number of benzene rings is 2. The van der Waals surface area contributed by atoms with Crippen molar-refractivity contribution in [2.45, 2.75) is 0 Å². The molecule has 0 radical (unpaired) electrons. The second-order valence-electron chi connectivity index (χ2n) is 6.19. The van der Waals surface area contributed by atoms with Crippen LogP contribution in [-0.4, -0.2) is 45.1 Å². The van der Waals surface area contributed by atoms with E-state index >= 15 is 0 Å². The van der Waals surface area contributed by atoms with Crippen molar-refractivity contribution in [3.63, 3.8) is 0 Å². The molecule has 0 bridgehead atoms. The molecule has 9 heteroatoms. The summed E-state index contributed by atoms with van der Waals surface area (Å²) in [5, 5.41) is 0. The number of ether oxygens (including phenoxy) is 3. The number of para-hydroxylation sites is 3. The van der Waals surface area contributed by atoms with Gasteiger partial charge in [-0.3, -0.25) is 30.1 Å². The molecule has 3 amide bonds. The Kier molecular flexibility index (Phi) is 6.53. The number of amides is 3. The molecule has 1 aliphatic heterocycles. The van der Waals surface area contributed by atoms with Gasteiger partial charge in [0.1, 0.15) is 12.3 Å². The van der Waals surface area contributed by atoms with Crippen molar-refractivity contribution in [2.24, 2.45) is 0 Å². The Morgan fingerprint density at radius 2 is 1.90 bits per heavy atom. The number of rotatable bonds is 6. The van der Waals surface area contributed by atoms with Crippen molar-refractivity contribution in [3.8, 4) is 17.2 Å². The highest BCUT2D eigenvalue weighted by Crippen LogP contribution is 2.32. The highest BCUT2D eigenvalue weighted by atomic mass is 16.5. The molecule has 0 saturated heterocycles. The van der Waals surface area contributed by atoms with E-state index in [2.05, 4.69) is 10.9 Å². The summed E-state index contributed by atoms with van der Waals surface area (Å²) >= 11 is 0. The van der Waals surface area contributed by atoms with E-state index in [0.29, 0.717) is 28.5 Å². The second-order valence-corrected chi connectivity index (χ2v) is 6.19. The molecule has 0 aliphatic carbocycles. The third-order valence-electron chi connectivity index (χ3n) is 4.28. The van der Waals surface area contributed by atoms with Crippen molar-refractivity contribution >= 4 is 29.5 Å². The standard InChI is InChI=1S/C21H21N3O6/c1-28-17-9-5-6-14(21(17)29-2)10-11-18(25)22-23-19(26)12-24-15-7-3-4-8-16(15)30-13-20(24)27/h3-11H,12-13H2,1-2H3,(H,22,25)(H,23,26)/b11-10+. The summed E-state index contributed by atoms with van der Waals surface area (Å²) in [4.78, 5) is 37.7. The van der Waals surface area contributed by atoms with E-state index in [1.54, 1.807) is 42.5 Å². The van der Waals surface area contributed by atoms with E-state index in [-0.39, 0.29) is 19.1 Å². The Morgan fingerprint density at radius 3 is 2.67 bits per heavy atom. The lowest BCUT2D eigenvalue weighted by molar-refractivity contribution is -0.127. The lowest BCUT2D eigenvalue weighted by Crippen LogP contribution is -2.49. The number of carbonyl (C=O) groups excluding carboxylic acids is 3. The third-order valence-corrected chi connectivity index (χ3v) is 4.28. The van der Waals surface area contributed by atoms with Gasteiger partial charge in [0.15, 0.2) is 18.1 Å². The summed E-state index contributed by atoms with van der Waals surface area (Å²) in [6.45, 7) is -0.408. The van der Waals surface area contributed by atoms with E-state index in [4.69, 9.17) is 14.2 Å². The Labute approximate surface area is 173 Å². The van der Waals surface area contributed by atoms with Crippen LogP contribution < -0.4 is 30.0 Å². The predicted molar refractivity (Wildman–Crippen MR) is 109 cm³/mol. The fourth-order valence-corrected chi connectivity index (χ4v) is 2.89.